The van der Waals surface area contributed by atoms with E-state index in [9.17, 15) is 0 Å². The van der Waals surface area contributed by atoms with Crippen molar-refractivity contribution in [2.24, 2.45) is 0 Å². The van der Waals surface area contributed by atoms with Gasteiger partial charge in [-0.1, -0.05) is 18.2 Å². The Morgan fingerprint density at radius 1 is 1.54 bits per heavy atom. The molecule has 0 aromatic heterocycles. The van der Waals surface area contributed by atoms with E-state index in [4.69, 9.17) is 22.1 Å². The average Bonchev–Trinajstić information content (AvgIpc) is 2.07. The van der Waals surface area contributed by atoms with Crippen LogP contribution in [-0.4, -0.2) is 7.11 Å². The molecule has 0 aliphatic carbocycles. The maximum atomic E-state index is 5.98. The van der Waals surface area contributed by atoms with E-state index in [0.717, 1.165) is 11.1 Å². The summed E-state index contributed by atoms with van der Waals surface area (Å²) in [5, 5.41) is 0.610. The molecular formula is C10H12ClNO. The van der Waals surface area contributed by atoms with Crippen LogP contribution in [0.5, 0.6) is 5.75 Å². The molecule has 0 heterocycles. The van der Waals surface area contributed by atoms with Gasteiger partial charge < -0.3 is 10.5 Å². The van der Waals surface area contributed by atoms with Crippen molar-refractivity contribution < 1.29 is 4.74 Å². The van der Waals surface area contributed by atoms with Gasteiger partial charge in [0.1, 0.15) is 5.75 Å². The maximum absolute atomic E-state index is 5.98. The lowest BCUT2D eigenvalue weighted by Crippen LogP contribution is -1.94. The highest BCUT2D eigenvalue weighted by Gasteiger charge is 2.06. The predicted octanol–water partition coefficient (Wildman–Crippen LogP) is 2.96. The summed E-state index contributed by atoms with van der Waals surface area (Å²) in [6, 6.07) is 3.46. The second-order valence-electron chi connectivity index (χ2n) is 2.85. The first-order chi connectivity index (χ1) is 6.06. The molecule has 0 amide bonds. The van der Waals surface area contributed by atoms with Gasteiger partial charge in [-0.05, 0) is 24.1 Å². The first kappa shape index (κ1) is 9.93. The normalized spacial score (nSPS) is 9.77. The van der Waals surface area contributed by atoms with E-state index in [2.05, 4.69) is 6.58 Å². The molecule has 1 aromatic rings. The van der Waals surface area contributed by atoms with E-state index < -0.39 is 0 Å². The number of benzene rings is 1. The molecule has 0 saturated heterocycles. The van der Waals surface area contributed by atoms with Crippen molar-refractivity contribution in [3.8, 4) is 5.75 Å². The Bertz CT molecular complexity index is 347. The number of halogens is 1. The summed E-state index contributed by atoms with van der Waals surface area (Å²) in [7, 11) is 1.56. The van der Waals surface area contributed by atoms with E-state index in [1.165, 1.54) is 0 Å². The maximum Gasteiger partial charge on any atom is 0.143 e. The molecule has 0 spiro atoms. The number of methoxy groups -OCH3 is 1. The number of nitrogen functional groups attached to an aromatic ring is 1. The van der Waals surface area contributed by atoms with Gasteiger partial charge in [-0.3, -0.25) is 0 Å². The number of anilines is 1. The van der Waals surface area contributed by atoms with Gasteiger partial charge in [0.05, 0.1) is 17.8 Å². The van der Waals surface area contributed by atoms with Crippen molar-refractivity contribution in [3.05, 3.63) is 29.3 Å². The molecule has 3 heteroatoms. The van der Waals surface area contributed by atoms with Gasteiger partial charge in [-0.25, -0.2) is 0 Å². The lowest BCUT2D eigenvalue weighted by Gasteiger charge is -2.09. The first-order valence-electron chi connectivity index (χ1n) is 3.85. The van der Waals surface area contributed by atoms with Crippen molar-refractivity contribution in [2.45, 2.75) is 6.92 Å². The third kappa shape index (κ3) is 1.95. The molecule has 0 radical (unpaired) electrons. The topological polar surface area (TPSA) is 35.2 Å². The summed E-state index contributed by atoms with van der Waals surface area (Å²) in [6.45, 7) is 5.68. The van der Waals surface area contributed by atoms with Crippen LogP contribution < -0.4 is 10.5 Å². The molecule has 0 saturated carbocycles. The number of allylic oxidation sites excluding steroid dienone is 1. The molecule has 1 rings (SSSR count). The first-order valence-corrected chi connectivity index (χ1v) is 4.23. The summed E-state index contributed by atoms with van der Waals surface area (Å²) in [5.74, 6) is 0.593. The van der Waals surface area contributed by atoms with E-state index in [0.29, 0.717) is 16.5 Å². The van der Waals surface area contributed by atoms with Gasteiger partial charge >= 0.3 is 0 Å². The van der Waals surface area contributed by atoms with Gasteiger partial charge in [0.2, 0.25) is 0 Å². The average molecular weight is 198 g/mol. The fourth-order valence-electron chi connectivity index (χ4n) is 1.08. The molecule has 70 valence electrons. The van der Waals surface area contributed by atoms with Crippen LogP contribution in [0.2, 0.25) is 5.02 Å². The molecule has 2 nitrogen and oxygen atoms in total. The number of hydrogen-bond acceptors (Lipinski definition) is 2. The summed E-state index contributed by atoms with van der Waals surface area (Å²) in [6.07, 6.45) is 0. The van der Waals surface area contributed by atoms with Crippen molar-refractivity contribution in [3.63, 3.8) is 0 Å². The van der Waals surface area contributed by atoms with Gasteiger partial charge in [-0.2, -0.15) is 0 Å². The smallest absolute Gasteiger partial charge is 0.143 e. The fourth-order valence-corrected chi connectivity index (χ4v) is 1.39. The number of hydrogen-bond donors (Lipinski definition) is 1. The second-order valence-corrected chi connectivity index (χ2v) is 3.26. The Hall–Kier alpha value is -1.15. The Morgan fingerprint density at radius 3 is 2.62 bits per heavy atom. The molecule has 13 heavy (non-hydrogen) atoms. The van der Waals surface area contributed by atoms with Crippen LogP contribution in [-0.2, 0) is 0 Å². The van der Waals surface area contributed by atoms with E-state index in [1.54, 1.807) is 19.2 Å². The number of rotatable bonds is 2. The van der Waals surface area contributed by atoms with Crippen molar-refractivity contribution in [2.75, 3.05) is 12.8 Å². The molecule has 1 aromatic carbocycles. The minimum absolute atomic E-state index is 0.574. The molecule has 0 fully saturated rings. The lowest BCUT2D eigenvalue weighted by atomic mass is 10.1. The van der Waals surface area contributed by atoms with Gasteiger partial charge in [0, 0.05) is 6.07 Å². The minimum atomic E-state index is 0.574. The molecule has 2 N–H and O–H groups in total. The Morgan fingerprint density at radius 2 is 2.15 bits per heavy atom. The zero-order valence-electron chi connectivity index (χ0n) is 7.73. The van der Waals surface area contributed by atoms with Crippen LogP contribution in [0.4, 0.5) is 5.69 Å². The van der Waals surface area contributed by atoms with Gasteiger partial charge in [0.15, 0.2) is 0 Å². The van der Waals surface area contributed by atoms with E-state index >= 15 is 0 Å². The van der Waals surface area contributed by atoms with Gasteiger partial charge in [0.25, 0.3) is 0 Å². The minimum Gasteiger partial charge on any atom is -0.495 e. The Labute approximate surface area is 83.0 Å². The summed E-state index contributed by atoms with van der Waals surface area (Å²) in [5.41, 5.74) is 8.04. The Balaban J connectivity index is 3.28. The highest BCUT2D eigenvalue weighted by Crippen LogP contribution is 2.32. The summed E-state index contributed by atoms with van der Waals surface area (Å²) < 4.78 is 5.02. The highest BCUT2D eigenvalue weighted by atomic mass is 35.5. The molecule has 0 aliphatic heterocycles. The van der Waals surface area contributed by atoms with Crippen LogP contribution >= 0.6 is 11.6 Å². The summed E-state index contributed by atoms with van der Waals surface area (Å²) >= 11 is 5.98. The van der Waals surface area contributed by atoms with Crippen LogP contribution in [0, 0.1) is 0 Å². The monoisotopic (exact) mass is 197 g/mol. The molecule has 0 aliphatic rings. The third-order valence-electron chi connectivity index (χ3n) is 1.78. The van der Waals surface area contributed by atoms with Crippen molar-refractivity contribution in [1.82, 2.24) is 0 Å². The fraction of sp³-hybridized carbons (Fsp3) is 0.200. The van der Waals surface area contributed by atoms with Crippen LogP contribution in [0.1, 0.15) is 12.5 Å². The highest BCUT2D eigenvalue weighted by molar-refractivity contribution is 6.32. The quantitative estimate of drug-likeness (QED) is 0.740. The second kappa shape index (κ2) is 3.71. The van der Waals surface area contributed by atoms with E-state index in [1.807, 2.05) is 6.92 Å². The van der Waals surface area contributed by atoms with Crippen molar-refractivity contribution >= 4 is 22.9 Å². The van der Waals surface area contributed by atoms with Crippen molar-refractivity contribution in [1.29, 1.82) is 0 Å². The number of ether oxygens (including phenoxy) is 1. The molecular weight excluding hydrogens is 186 g/mol. The third-order valence-corrected chi connectivity index (χ3v) is 2.09. The summed E-state index contributed by atoms with van der Waals surface area (Å²) in [4.78, 5) is 0. The Kier molecular flexibility index (Phi) is 2.83. The van der Waals surface area contributed by atoms with Crippen LogP contribution in [0.3, 0.4) is 0 Å². The van der Waals surface area contributed by atoms with E-state index in [-0.39, 0.29) is 0 Å². The molecule has 0 unspecified atom stereocenters. The van der Waals surface area contributed by atoms with Gasteiger partial charge in [-0.15, -0.1) is 0 Å². The number of nitrogens with two attached hydrogens (primary N) is 1. The van der Waals surface area contributed by atoms with Crippen LogP contribution in [0.25, 0.3) is 5.57 Å². The van der Waals surface area contributed by atoms with Crippen LogP contribution in [0.15, 0.2) is 18.7 Å². The zero-order valence-corrected chi connectivity index (χ0v) is 8.48. The standard InChI is InChI=1S/C10H12ClNO/c1-6(2)7-4-9(12)10(13-3)5-8(7)11/h4-5H,1,12H2,2-3H3. The SMILES string of the molecule is C=C(C)c1cc(N)c(OC)cc1Cl. The predicted molar refractivity (Wildman–Crippen MR) is 57.1 cm³/mol. The molecule has 0 bridgehead atoms. The molecule has 0 atom stereocenters. The largest absolute Gasteiger partial charge is 0.495 e. The lowest BCUT2D eigenvalue weighted by molar-refractivity contribution is 0.417. The zero-order chi connectivity index (χ0) is 10.0.